The van der Waals surface area contributed by atoms with E-state index in [0.29, 0.717) is 29.8 Å². The van der Waals surface area contributed by atoms with E-state index in [1.54, 1.807) is 48.5 Å². The van der Waals surface area contributed by atoms with E-state index in [0.717, 1.165) is 24.6 Å². The molecular weight excluding hydrogens is 592 g/mol. The molecule has 0 aliphatic carbocycles. The summed E-state index contributed by atoms with van der Waals surface area (Å²) in [6, 6.07) is 29.1. The number of carbonyl (C=O) groups is 2. The van der Waals surface area contributed by atoms with Gasteiger partial charge in [0.1, 0.15) is 11.9 Å². The minimum Gasteiger partial charge on any atom is -0.625 e. The number of aliphatic imine (C=N–C) groups is 1. The van der Waals surface area contributed by atoms with Crippen molar-refractivity contribution in [3.8, 4) is 0 Å². The van der Waals surface area contributed by atoms with E-state index in [4.69, 9.17) is 0 Å². The predicted molar refractivity (Wildman–Crippen MR) is 159 cm³/mol. The Kier molecular flexibility index (Phi) is 11.0. The zero-order valence-corrected chi connectivity index (χ0v) is 24.2. The molecule has 7 nitrogen and oxygen atoms in total. The van der Waals surface area contributed by atoms with Crippen LogP contribution >= 0.6 is 0 Å². The summed E-state index contributed by atoms with van der Waals surface area (Å²) in [5.74, 6) is -2.44. The van der Waals surface area contributed by atoms with Crippen molar-refractivity contribution < 1.29 is 40.7 Å². The van der Waals surface area contributed by atoms with Gasteiger partial charge in [-0.2, -0.15) is 0 Å². The normalized spacial score (nSPS) is 16.6. The molecule has 1 heterocycles. The molecular formula is C34H31FN3NiO4-. The number of carbonyl (C=O) groups excluding carboxylic acids is 1. The van der Waals surface area contributed by atoms with Crippen LogP contribution in [-0.2, 0) is 32.6 Å². The van der Waals surface area contributed by atoms with Gasteiger partial charge in [0.05, 0.1) is 17.7 Å². The first-order valence-electron chi connectivity index (χ1n) is 13.8. The summed E-state index contributed by atoms with van der Waals surface area (Å²) in [7, 11) is 0. The Balaban J connectivity index is 0.00000423. The summed E-state index contributed by atoms with van der Waals surface area (Å²) in [6.45, 7) is 1.42. The van der Waals surface area contributed by atoms with Crippen molar-refractivity contribution in [2.75, 3.05) is 6.54 Å². The first-order valence-corrected chi connectivity index (χ1v) is 13.8. The molecule has 5 rings (SSSR count). The number of benzene rings is 4. The summed E-state index contributed by atoms with van der Waals surface area (Å²) in [5.41, 5.74) is 2.49. The van der Waals surface area contributed by atoms with Gasteiger partial charge in [0.25, 0.3) is 0 Å². The van der Waals surface area contributed by atoms with Crippen molar-refractivity contribution in [3.63, 3.8) is 0 Å². The molecule has 9 heteroatoms. The molecule has 43 heavy (non-hydrogen) atoms. The van der Waals surface area contributed by atoms with Gasteiger partial charge < -0.3 is 20.3 Å². The summed E-state index contributed by atoms with van der Waals surface area (Å²) in [5, 5.41) is 25.6. The van der Waals surface area contributed by atoms with E-state index in [1.165, 1.54) is 18.2 Å². The molecule has 0 aromatic heterocycles. The van der Waals surface area contributed by atoms with Crippen LogP contribution in [0.15, 0.2) is 114 Å². The fourth-order valence-corrected chi connectivity index (χ4v) is 5.26. The number of hydrogen-bond acceptors (Lipinski definition) is 5. The number of hydrogen-bond donors (Lipinski definition) is 2. The van der Waals surface area contributed by atoms with Gasteiger partial charge >= 0.3 is 5.97 Å². The smallest absolute Gasteiger partial charge is 0.331 e. The number of carboxylic acid groups (broad SMARTS) is 1. The Morgan fingerprint density at radius 1 is 0.907 bits per heavy atom. The molecule has 2 N–H and O–H groups in total. The molecule has 4 aromatic rings. The second kappa shape index (κ2) is 14.8. The fourth-order valence-electron chi connectivity index (χ4n) is 5.26. The largest absolute Gasteiger partial charge is 0.625 e. The van der Waals surface area contributed by atoms with E-state index in [2.05, 4.69) is 15.2 Å². The predicted octanol–water partition coefficient (Wildman–Crippen LogP) is 6.04. The molecule has 224 valence electrons. The monoisotopic (exact) mass is 622 g/mol. The van der Waals surface area contributed by atoms with E-state index < -0.39 is 23.9 Å². The number of carboxylic acids is 1. The van der Waals surface area contributed by atoms with E-state index >= 15 is 0 Å². The maximum absolute atomic E-state index is 14.5. The molecule has 0 radical (unpaired) electrons. The van der Waals surface area contributed by atoms with Crippen molar-refractivity contribution in [3.05, 3.63) is 143 Å². The number of likely N-dealkylation sites (tertiary alicyclic amines) is 1. The van der Waals surface area contributed by atoms with Crippen molar-refractivity contribution in [1.29, 1.82) is 0 Å². The Morgan fingerprint density at radius 3 is 2.23 bits per heavy atom. The topological polar surface area (TPSA) is 104 Å². The molecule has 0 saturated carbocycles. The first-order chi connectivity index (χ1) is 20.4. The van der Waals surface area contributed by atoms with Crippen molar-refractivity contribution in [2.45, 2.75) is 37.6 Å². The summed E-state index contributed by atoms with van der Waals surface area (Å²) in [6.07, 6.45) is -0.184. The minimum absolute atomic E-state index is 0. The van der Waals surface area contributed by atoms with Gasteiger partial charge in [-0.15, -0.1) is 5.69 Å². The standard InChI is InChI=1S/C34H32FN3O4.Ni/c35-27-18-9-7-16-25(27)32(39)31(34(41)42)37-30(24-14-5-2-6-15-24)26-17-8-10-19-28(26)36-33(40)29-20-11-21-38(29)22-23-12-3-1-4-13-23;/h1-10,12-19,29,31-32,39H,11,20-22H2,(H2,36,37,40,41,42);/p-1/t29-,31-,32+;/m0./s1. The Hall–Kier alpha value is -4.17. The molecule has 4 aromatic carbocycles. The van der Waals surface area contributed by atoms with Crippen LogP contribution in [0.4, 0.5) is 10.1 Å². The van der Waals surface area contributed by atoms with Crippen LogP contribution in [0.1, 0.15) is 41.2 Å². The number of para-hydroxylation sites is 1. The van der Waals surface area contributed by atoms with E-state index in [1.807, 2.05) is 36.4 Å². The van der Waals surface area contributed by atoms with Gasteiger partial charge in [-0.3, -0.25) is 9.89 Å². The molecule has 0 bridgehead atoms. The quantitative estimate of drug-likeness (QED) is 0.166. The number of rotatable bonds is 10. The number of amides is 1. The van der Waals surface area contributed by atoms with Crippen LogP contribution in [-0.4, -0.2) is 51.3 Å². The molecule has 3 atom stereocenters. The second-order valence-corrected chi connectivity index (χ2v) is 10.2. The molecule has 1 aliphatic heterocycles. The average molecular weight is 623 g/mol. The van der Waals surface area contributed by atoms with Gasteiger partial charge in [0, 0.05) is 34.2 Å². The molecule has 1 fully saturated rings. The third-order valence-electron chi connectivity index (χ3n) is 7.36. The zero-order valence-electron chi connectivity index (χ0n) is 23.2. The van der Waals surface area contributed by atoms with Gasteiger partial charge in [-0.05, 0) is 36.6 Å². The second-order valence-electron chi connectivity index (χ2n) is 10.2. The Bertz CT molecular complexity index is 1570. The van der Waals surface area contributed by atoms with Gasteiger partial charge in [0.15, 0.2) is 6.04 Å². The summed E-state index contributed by atoms with van der Waals surface area (Å²) < 4.78 is 14.5. The number of aliphatic carboxylic acids is 1. The van der Waals surface area contributed by atoms with E-state index in [-0.39, 0.29) is 39.7 Å². The number of halogens is 1. The Morgan fingerprint density at radius 2 is 1.53 bits per heavy atom. The average Bonchev–Trinajstić information content (AvgIpc) is 3.47. The van der Waals surface area contributed by atoms with Gasteiger partial charge in [-0.25, -0.2) is 9.18 Å². The third kappa shape index (κ3) is 7.62. The van der Waals surface area contributed by atoms with Crippen LogP contribution in [0.25, 0.3) is 5.32 Å². The van der Waals surface area contributed by atoms with Gasteiger partial charge in [-0.1, -0.05) is 103 Å². The first kappa shape index (κ1) is 31.8. The molecule has 0 spiro atoms. The zero-order chi connectivity index (χ0) is 29.5. The number of aliphatic hydroxyl groups excluding tert-OH is 1. The van der Waals surface area contributed by atoms with Crippen molar-refractivity contribution in [2.24, 2.45) is 4.99 Å². The molecule has 1 aliphatic rings. The van der Waals surface area contributed by atoms with Gasteiger partial charge in [0.2, 0.25) is 0 Å². The maximum atomic E-state index is 14.5. The third-order valence-corrected chi connectivity index (χ3v) is 7.36. The SMILES string of the molecule is O=C(O)[C@@H](N=C(c1ccccc1)c1ccccc1[N-]C(=O)[C@@H]1CCCN1Cc1ccccc1)[C@H](O)c1ccccc1F.[Ni]. The van der Waals surface area contributed by atoms with Crippen LogP contribution < -0.4 is 0 Å². The summed E-state index contributed by atoms with van der Waals surface area (Å²) >= 11 is 0. The molecule has 1 saturated heterocycles. The van der Waals surface area contributed by atoms with Crippen molar-refractivity contribution in [1.82, 2.24) is 4.90 Å². The number of aliphatic hydroxyl groups is 1. The van der Waals surface area contributed by atoms with Crippen molar-refractivity contribution >= 4 is 23.3 Å². The molecule has 0 unspecified atom stereocenters. The van der Waals surface area contributed by atoms with Crippen LogP contribution in [0.3, 0.4) is 0 Å². The summed E-state index contributed by atoms with van der Waals surface area (Å²) in [4.78, 5) is 32.6. The maximum Gasteiger partial charge on any atom is 0.331 e. The Labute approximate surface area is 260 Å². The van der Waals surface area contributed by atoms with E-state index in [9.17, 15) is 24.2 Å². The van der Waals surface area contributed by atoms with Crippen LogP contribution in [0, 0.1) is 5.82 Å². The van der Waals surface area contributed by atoms with Crippen LogP contribution in [0.5, 0.6) is 0 Å². The van der Waals surface area contributed by atoms with Crippen LogP contribution in [0.2, 0.25) is 0 Å². The molecule has 1 amide bonds. The fraction of sp³-hybridized carbons (Fsp3) is 0.206. The minimum atomic E-state index is -1.75. The number of nitrogens with zero attached hydrogens (tertiary/aromatic N) is 3.